The molecule has 1 atom stereocenters. The van der Waals surface area contributed by atoms with Crippen molar-refractivity contribution in [3.8, 4) is 0 Å². The van der Waals surface area contributed by atoms with Gasteiger partial charge in [-0.15, -0.1) is 0 Å². The van der Waals surface area contributed by atoms with Crippen LogP contribution in [-0.2, 0) is 17.8 Å². The van der Waals surface area contributed by atoms with Crippen molar-refractivity contribution in [3.63, 3.8) is 0 Å². The fourth-order valence-electron chi connectivity index (χ4n) is 4.14. The molecular formula is C24H20FN3O. The molecule has 4 aromatic rings. The molecule has 1 aromatic heterocycles. The van der Waals surface area contributed by atoms with Crippen LogP contribution in [0.25, 0.3) is 11.0 Å². The lowest BCUT2D eigenvalue weighted by Gasteiger charge is -2.32. The molecule has 144 valence electrons. The van der Waals surface area contributed by atoms with E-state index in [0.29, 0.717) is 18.5 Å². The van der Waals surface area contributed by atoms with Gasteiger partial charge in [-0.2, -0.15) is 0 Å². The predicted molar refractivity (Wildman–Crippen MR) is 110 cm³/mol. The monoisotopic (exact) mass is 385 g/mol. The van der Waals surface area contributed by atoms with Crippen LogP contribution in [0.5, 0.6) is 0 Å². The molecule has 0 saturated carbocycles. The second-order valence-corrected chi connectivity index (χ2v) is 7.34. The molecule has 5 heteroatoms. The van der Waals surface area contributed by atoms with Crippen LogP contribution >= 0.6 is 0 Å². The first-order valence-electron chi connectivity index (χ1n) is 9.74. The lowest BCUT2D eigenvalue weighted by atomic mass is 9.97. The Morgan fingerprint density at radius 1 is 0.966 bits per heavy atom. The molecular weight excluding hydrogens is 365 g/mol. The van der Waals surface area contributed by atoms with Gasteiger partial charge in [0.15, 0.2) is 0 Å². The molecule has 0 fully saturated rings. The highest BCUT2D eigenvalue weighted by molar-refractivity contribution is 5.87. The van der Waals surface area contributed by atoms with Crippen molar-refractivity contribution in [1.29, 1.82) is 0 Å². The molecule has 0 radical (unpaired) electrons. The van der Waals surface area contributed by atoms with Crippen LogP contribution in [0.15, 0.2) is 79.1 Å². The van der Waals surface area contributed by atoms with E-state index in [-0.39, 0.29) is 18.3 Å². The van der Waals surface area contributed by atoms with Gasteiger partial charge in [-0.25, -0.2) is 9.37 Å². The van der Waals surface area contributed by atoms with Gasteiger partial charge in [-0.3, -0.25) is 4.79 Å². The Kier molecular flexibility index (Phi) is 4.35. The van der Waals surface area contributed by atoms with E-state index < -0.39 is 6.04 Å². The minimum Gasteiger partial charge on any atom is -0.336 e. The highest BCUT2D eigenvalue weighted by atomic mass is 19.1. The normalized spacial score (nSPS) is 14.6. The zero-order valence-electron chi connectivity index (χ0n) is 15.8. The molecule has 2 heterocycles. The molecule has 0 spiro atoms. The molecule has 1 aliphatic heterocycles. The summed E-state index contributed by atoms with van der Waals surface area (Å²) in [4.78, 5) is 20.0. The van der Waals surface area contributed by atoms with Crippen LogP contribution in [0.2, 0.25) is 0 Å². The van der Waals surface area contributed by atoms with Gasteiger partial charge in [0.25, 0.3) is 5.91 Å². The lowest BCUT2D eigenvalue weighted by molar-refractivity contribution is -0.134. The van der Waals surface area contributed by atoms with Crippen molar-refractivity contribution >= 4 is 16.9 Å². The van der Waals surface area contributed by atoms with E-state index in [2.05, 4.69) is 4.98 Å². The van der Waals surface area contributed by atoms with Crippen LogP contribution in [0, 0.1) is 5.82 Å². The molecule has 1 unspecified atom stereocenters. The minimum absolute atomic E-state index is 0.0479. The summed E-state index contributed by atoms with van der Waals surface area (Å²) >= 11 is 0. The summed E-state index contributed by atoms with van der Waals surface area (Å²) in [6.45, 7) is 0.863. The SMILES string of the molecule is O=C(C(c1ccccc1)n1cnc2ccccc21)N1CCc2cccc(F)c2C1. The molecule has 0 aliphatic carbocycles. The van der Waals surface area contributed by atoms with Crippen molar-refractivity contribution in [1.82, 2.24) is 14.5 Å². The average molecular weight is 385 g/mol. The number of aromatic nitrogens is 2. The zero-order valence-corrected chi connectivity index (χ0v) is 15.8. The number of rotatable bonds is 3. The van der Waals surface area contributed by atoms with Crippen molar-refractivity contribution in [3.05, 3.63) is 102 Å². The Balaban J connectivity index is 1.57. The third-order valence-electron chi connectivity index (χ3n) is 5.64. The number of hydrogen-bond donors (Lipinski definition) is 0. The molecule has 4 nitrogen and oxygen atoms in total. The van der Waals surface area contributed by atoms with E-state index in [0.717, 1.165) is 22.2 Å². The zero-order chi connectivity index (χ0) is 19.8. The van der Waals surface area contributed by atoms with Crippen molar-refractivity contribution in [2.24, 2.45) is 0 Å². The number of fused-ring (bicyclic) bond motifs is 2. The molecule has 1 aliphatic rings. The summed E-state index contributed by atoms with van der Waals surface area (Å²) in [6.07, 6.45) is 2.38. The maximum atomic E-state index is 14.4. The first-order chi connectivity index (χ1) is 14.2. The molecule has 0 N–H and O–H groups in total. The number of halogens is 1. The maximum Gasteiger partial charge on any atom is 0.250 e. The topological polar surface area (TPSA) is 38.1 Å². The Hall–Kier alpha value is -3.47. The fraction of sp³-hybridized carbons (Fsp3) is 0.167. The predicted octanol–water partition coefficient (Wildman–Crippen LogP) is 4.35. The van der Waals surface area contributed by atoms with E-state index >= 15 is 0 Å². The van der Waals surface area contributed by atoms with Crippen molar-refractivity contribution in [2.75, 3.05) is 6.54 Å². The largest absolute Gasteiger partial charge is 0.336 e. The quantitative estimate of drug-likeness (QED) is 0.526. The first kappa shape index (κ1) is 17.6. The Morgan fingerprint density at radius 2 is 1.76 bits per heavy atom. The van der Waals surface area contributed by atoms with Gasteiger partial charge >= 0.3 is 0 Å². The number of carbonyl (C=O) groups excluding carboxylic acids is 1. The number of amides is 1. The third kappa shape index (κ3) is 3.09. The molecule has 0 bridgehead atoms. The van der Waals surface area contributed by atoms with Crippen LogP contribution in [0.4, 0.5) is 4.39 Å². The molecule has 1 amide bonds. The van der Waals surface area contributed by atoms with Gasteiger partial charge in [-0.05, 0) is 35.7 Å². The number of para-hydroxylation sites is 2. The van der Waals surface area contributed by atoms with E-state index in [1.807, 2.05) is 65.2 Å². The van der Waals surface area contributed by atoms with Crippen LogP contribution in [0.1, 0.15) is 22.7 Å². The number of hydrogen-bond acceptors (Lipinski definition) is 2. The summed E-state index contributed by atoms with van der Waals surface area (Å²) < 4.78 is 16.3. The van der Waals surface area contributed by atoms with E-state index in [1.54, 1.807) is 17.3 Å². The lowest BCUT2D eigenvalue weighted by Crippen LogP contribution is -2.41. The van der Waals surface area contributed by atoms with E-state index in [4.69, 9.17) is 0 Å². The number of imidazole rings is 1. The third-order valence-corrected chi connectivity index (χ3v) is 5.64. The van der Waals surface area contributed by atoms with Crippen LogP contribution in [0.3, 0.4) is 0 Å². The van der Waals surface area contributed by atoms with Gasteiger partial charge in [0.2, 0.25) is 0 Å². The second-order valence-electron chi connectivity index (χ2n) is 7.34. The van der Waals surface area contributed by atoms with Crippen LogP contribution in [-0.4, -0.2) is 26.9 Å². The maximum absolute atomic E-state index is 14.4. The summed E-state index contributed by atoms with van der Waals surface area (Å²) in [6, 6.07) is 22.1. The fourth-order valence-corrected chi connectivity index (χ4v) is 4.14. The molecule has 5 rings (SSSR count). The molecule has 0 saturated heterocycles. The number of carbonyl (C=O) groups is 1. The Morgan fingerprint density at radius 3 is 2.62 bits per heavy atom. The smallest absolute Gasteiger partial charge is 0.250 e. The van der Waals surface area contributed by atoms with Gasteiger partial charge < -0.3 is 9.47 Å². The van der Waals surface area contributed by atoms with Gasteiger partial charge in [-0.1, -0.05) is 54.6 Å². The van der Waals surface area contributed by atoms with Gasteiger partial charge in [0.05, 0.1) is 17.4 Å². The molecule has 3 aromatic carbocycles. The highest BCUT2D eigenvalue weighted by Crippen LogP contribution is 2.29. The van der Waals surface area contributed by atoms with E-state index in [1.165, 1.54) is 6.07 Å². The van der Waals surface area contributed by atoms with Gasteiger partial charge in [0.1, 0.15) is 11.9 Å². The standard InChI is InChI=1S/C24H20FN3O/c25-20-10-6-9-17-13-14-27(15-19(17)20)24(29)23(18-7-2-1-3-8-18)28-16-26-21-11-4-5-12-22(21)28/h1-12,16,23H,13-15H2. The van der Waals surface area contributed by atoms with Gasteiger partial charge in [0, 0.05) is 18.7 Å². The summed E-state index contributed by atoms with van der Waals surface area (Å²) in [5.74, 6) is -0.294. The van der Waals surface area contributed by atoms with Crippen molar-refractivity contribution < 1.29 is 9.18 Å². The highest BCUT2D eigenvalue weighted by Gasteiger charge is 2.31. The Bertz CT molecular complexity index is 1190. The van der Waals surface area contributed by atoms with Crippen LogP contribution < -0.4 is 0 Å². The number of nitrogens with zero attached hydrogens (tertiary/aromatic N) is 3. The second kappa shape index (κ2) is 7.17. The summed E-state index contributed by atoms with van der Waals surface area (Å²) in [7, 11) is 0. The van der Waals surface area contributed by atoms with Crippen molar-refractivity contribution in [2.45, 2.75) is 19.0 Å². The Labute approximate surface area is 168 Å². The van der Waals surface area contributed by atoms with E-state index in [9.17, 15) is 9.18 Å². The summed E-state index contributed by atoms with van der Waals surface area (Å²) in [5.41, 5.74) is 4.24. The minimum atomic E-state index is -0.545. The number of benzene rings is 3. The first-order valence-corrected chi connectivity index (χ1v) is 9.74. The average Bonchev–Trinajstić information content (AvgIpc) is 3.19. The molecule has 29 heavy (non-hydrogen) atoms. The summed E-state index contributed by atoms with van der Waals surface area (Å²) in [5, 5.41) is 0.